The molecule has 27 heavy (non-hydrogen) atoms. The van der Waals surface area contributed by atoms with Crippen molar-refractivity contribution in [3.8, 4) is 0 Å². The first kappa shape index (κ1) is 19.6. The highest BCUT2D eigenvalue weighted by Crippen LogP contribution is 2.33. The average Bonchev–Trinajstić information content (AvgIpc) is 3.11. The van der Waals surface area contributed by atoms with Gasteiger partial charge in [-0.05, 0) is 18.1 Å². The first-order valence-electron chi connectivity index (χ1n) is 8.17. The van der Waals surface area contributed by atoms with Gasteiger partial charge in [-0.3, -0.25) is 14.5 Å². The highest BCUT2D eigenvalue weighted by molar-refractivity contribution is 8.26. The number of hydrogen-bond donors (Lipinski definition) is 1. The summed E-state index contributed by atoms with van der Waals surface area (Å²) in [5.41, 5.74) is 1.59. The molecular weight excluding hydrogens is 406 g/mol. The molecule has 0 saturated carbocycles. The number of aliphatic carboxylic acids is 1. The molecule has 6 nitrogen and oxygen atoms in total. The maximum Gasteiger partial charge on any atom is 0.303 e. The number of carbonyl (C=O) groups excluding carboxylic acids is 1. The van der Waals surface area contributed by atoms with Gasteiger partial charge in [0.1, 0.15) is 15.2 Å². The molecule has 1 N–H and O–H groups in total. The van der Waals surface area contributed by atoms with Crippen LogP contribution in [-0.4, -0.2) is 42.3 Å². The van der Waals surface area contributed by atoms with Crippen LogP contribution in [0.2, 0.25) is 5.15 Å². The Labute approximate surface area is 170 Å². The monoisotopic (exact) mass is 421 g/mol. The van der Waals surface area contributed by atoms with Crippen LogP contribution >= 0.6 is 35.6 Å². The van der Waals surface area contributed by atoms with Crippen LogP contribution in [-0.2, 0) is 16.1 Å². The van der Waals surface area contributed by atoms with Crippen molar-refractivity contribution in [2.75, 3.05) is 6.54 Å². The molecule has 140 valence electrons. The van der Waals surface area contributed by atoms with Crippen LogP contribution < -0.4 is 0 Å². The smallest absolute Gasteiger partial charge is 0.303 e. The molecule has 1 aromatic carbocycles. The van der Waals surface area contributed by atoms with E-state index >= 15 is 0 Å². The van der Waals surface area contributed by atoms with Gasteiger partial charge in [0.15, 0.2) is 0 Å². The molecule has 9 heteroatoms. The third-order valence-corrected chi connectivity index (χ3v) is 5.70. The number of imidazole rings is 1. The van der Waals surface area contributed by atoms with Gasteiger partial charge in [0, 0.05) is 19.5 Å². The van der Waals surface area contributed by atoms with Gasteiger partial charge in [0.05, 0.1) is 11.2 Å². The lowest BCUT2D eigenvalue weighted by atomic mass is 10.2. The van der Waals surface area contributed by atoms with Gasteiger partial charge < -0.3 is 9.67 Å². The van der Waals surface area contributed by atoms with Crippen molar-refractivity contribution in [2.24, 2.45) is 0 Å². The van der Waals surface area contributed by atoms with Crippen molar-refractivity contribution in [2.45, 2.75) is 19.4 Å². The van der Waals surface area contributed by atoms with Gasteiger partial charge in [-0.2, -0.15) is 0 Å². The number of rotatable bonds is 7. The van der Waals surface area contributed by atoms with Gasteiger partial charge in [-0.15, -0.1) is 0 Å². The van der Waals surface area contributed by atoms with Crippen molar-refractivity contribution in [3.63, 3.8) is 0 Å². The summed E-state index contributed by atoms with van der Waals surface area (Å²) in [4.78, 5) is 29.3. The van der Waals surface area contributed by atoms with E-state index in [2.05, 4.69) is 4.98 Å². The molecule has 1 fully saturated rings. The molecule has 0 atom stereocenters. The van der Waals surface area contributed by atoms with E-state index in [1.54, 1.807) is 17.0 Å². The van der Waals surface area contributed by atoms with Crippen molar-refractivity contribution in [1.82, 2.24) is 14.5 Å². The zero-order chi connectivity index (χ0) is 19.4. The molecule has 0 spiro atoms. The third kappa shape index (κ3) is 4.77. The fourth-order valence-electron chi connectivity index (χ4n) is 2.58. The van der Waals surface area contributed by atoms with Gasteiger partial charge in [-0.1, -0.05) is 65.9 Å². The standard InChI is InChI=1S/C18H16ClN3O3S2/c19-16-13(20-11-21(16)10-12-5-2-1-3-6-12)9-14-17(25)22(18(26)27-14)8-4-7-15(23)24/h1-3,5-6,9,11H,4,7-8,10H2,(H,23,24). The lowest BCUT2D eigenvalue weighted by Crippen LogP contribution is -2.29. The Morgan fingerprint density at radius 1 is 1.33 bits per heavy atom. The van der Waals surface area contributed by atoms with Gasteiger partial charge >= 0.3 is 5.97 Å². The van der Waals surface area contributed by atoms with E-state index in [1.807, 2.05) is 30.3 Å². The van der Waals surface area contributed by atoms with E-state index in [1.165, 1.54) is 16.7 Å². The van der Waals surface area contributed by atoms with Crippen LogP contribution in [0.15, 0.2) is 41.6 Å². The summed E-state index contributed by atoms with van der Waals surface area (Å²) in [5, 5.41) is 9.17. The van der Waals surface area contributed by atoms with Crippen molar-refractivity contribution in [3.05, 3.63) is 58.0 Å². The molecule has 0 radical (unpaired) electrons. The number of hydrogen-bond acceptors (Lipinski definition) is 5. The maximum atomic E-state index is 12.5. The minimum atomic E-state index is -0.897. The number of aromatic nitrogens is 2. The van der Waals surface area contributed by atoms with Gasteiger partial charge in [-0.25, -0.2) is 4.98 Å². The second kappa shape index (κ2) is 8.69. The van der Waals surface area contributed by atoms with E-state index < -0.39 is 5.97 Å². The lowest BCUT2D eigenvalue weighted by Gasteiger charge is -2.13. The van der Waals surface area contributed by atoms with Crippen molar-refractivity contribution < 1.29 is 14.7 Å². The van der Waals surface area contributed by atoms with E-state index in [4.69, 9.17) is 28.9 Å². The van der Waals surface area contributed by atoms with Gasteiger partial charge in [0.25, 0.3) is 5.91 Å². The molecule has 1 aliphatic heterocycles. The van der Waals surface area contributed by atoms with Gasteiger partial charge in [0.2, 0.25) is 0 Å². The summed E-state index contributed by atoms with van der Waals surface area (Å²) in [6.07, 6.45) is 3.60. The number of carboxylic acid groups (broad SMARTS) is 1. The Balaban J connectivity index is 1.72. The fraction of sp³-hybridized carbons (Fsp3) is 0.222. The molecule has 0 aliphatic carbocycles. The summed E-state index contributed by atoms with van der Waals surface area (Å²) in [5.74, 6) is -1.14. The number of thiocarbonyl (C=S) groups is 1. The molecule has 2 heterocycles. The average molecular weight is 422 g/mol. The predicted molar refractivity (Wildman–Crippen MR) is 110 cm³/mol. The molecule has 1 amide bonds. The summed E-state index contributed by atoms with van der Waals surface area (Å²) >= 11 is 12.8. The first-order valence-corrected chi connectivity index (χ1v) is 9.77. The van der Waals surface area contributed by atoms with Crippen LogP contribution in [0.1, 0.15) is 24.1 Å². The first-order chi connectivity index (χ1) is 13.0. The Kier molecular flexibility index (Phi) is 6.30. The number of benzene rings is 1. The molecule has 0 bridgehead atoms. The SMILES string of the molecule is O=C(O)CCCN1C(=O)C(=Cc2ncn(Cc3ccccc3)c2Cl)SC1=S. The molecular formula is C18H16ClN3O3S2. The highest BCUT2D eigenvalue weighted by atomic mass is 35.5. The topological polar surface area (TPSA) is 75.4 Å². The minimum absolute atomic E-state index is 0.00811. The van der Waals surface area contributed by atoms with Crippen LogP contribution in [0, 0.1) is 0 Å². The van der Waals surface area contributed by atoms with Crippen LogP contribution in [0.25, 0.3) is 6.08 Å². The number of amides is 1. The van der Waals surface area contributed by atoms with E-state index in [-0.39, 0.29) is 18.9 Å². The Bertz CT molecular complexity index is 912. The summed E-state index contributed by atoms with van der Waals surface area (Å²) in [7, 11) is 0. The maximum absolute atomic E-state index is 12.5. The number of halogens is 1. The summed E-state index contributed by atoms with van der Waals surface area (Å²) in [6.45, 7) is 0.862. The van der Waals surface area contributed by atoms with Crippen molar-refractivity contribution in [1.29, 1.82) is 0 Å². The summed E-state index contributed by atoms with van der Waals surface area (Å²) < 4.78 is 2.22. The van der Waals surface area contributed by atoms with Crippen molar-refractivity contribution >= 4 is 57.9 Å². The van der Waals surface area contributed by atoms with E-state index in [0.29, 0.717) is 33.0 Å². The number of carbonyl (C=O) groups is 2. The molecule has 1 saturated heterocycles. The normalized spacial score (nSPS) is 15.7. The van der Waals surface area contributed by atoms with E-state index in [9.17, 15) is 9.59 Å². The van der Waals surface area contributed by atoms with Crippen LogP contribution in [0.3, 0.4) is 0 Å². The second-order valence-corrected chi connectivity index (χ2v) is 7.90. The van der Waals surface area contributed by atoms with Crippen LogP contribution in [0.5, 0.6) is 0 Å². The molecule has 1 aromatic heterocycles. The summed E-state index contributed by atoms with van der Waals surface area (Å²) in [6, 6.07) is 9.85. The molecule has 1 aliphatic rings. The lowest BCUT2D eigenvalue weighted by molar-refractivity contribution is -0.137. The zero-order valence-electron chi connectivity index (χ0n) is 14.2. The quantitative estimate of drug-likeness (QED) is 0.543. The second-order valence-electron chi connectivity index (χ2n) is 5.86. The zero-order valence-corrected chi connectivity index (χ0v) is 16.6. The molecule has 0 unspecified atom stereocenters. The Morgan fingerprint density at radius 2 is 2.07 bits per heavy atom. The van der Waals surface area contributed by atoms with Crippen LogP contribution in [0.4, 0.5) is 0 Å². The Hall–Kier alpha value is -2.16. The highest BCUT2D eigenvalue weighted by Gasteiger charge is 2.32. The number of carboxylic acids is 1. The number of thioether (sulfide) groups is 1. The Morgan fingerprint density at radius 3 is 2.78 bits per heavy atom. The predicted octanol–water partition coefficient (Wildman–Crippen LogP) is 3.65. The van der Waals surface area contributed by atoms with E-state index in [0.717, 1.165) is 5.56 Å². The minimum Gasteiger partial charge on any atom is -0.481 e. The molecule has 2 aromatic rings. The molecule has 3 rings (SSSR count). The fourth-order valence-corrected chi connectivity index (χ4v) is 4.07. The largest absolute Gasteiger partial charge is 0.481 e. The number of nitrogens with zero attached hydrogens (tertiary/aromatic N) is 3. The third-order valence-electron chi connectivity index (χ3n) is 3.91.